The molecule has 0 aliphatic carbocycles. The lowest BCUT2D eigenvalue weighted by Gasteiger charge is -2.26. The van der Waals surface area contributed by atoms with Gasteiger partial charge in [0.05, 0.1) is 6.20 Å². The summed E-state index contributed by atoms with van der Waals surface area (Å²) in [6.45, 7) is -0.991. The second kappa shape index (κ2) is 3.21. The van der Waals surface area contributed by atoms with Crippen molar-refractivity contribution in [2.45, 2.75) is 11.8 Å². The summed E-state index contributed by atoms with van der Waals surface area (Å²) in [5.74, 6) is 0. The summed E-state index contributed by atoms with van der Waals surface area (Å²) in [5, 5.41) is 15.8. The zero-order valence-electron chi connectivity index (χ0n) is 7.28. The summed E-state index contributed by atoms with van der Waals surface area (Å²) in [6, 6.07) is 0. The van der Waals surface area contributed by atoms with Crippen molar-refractivity contribution in [1.29, 1.82) is 0 Å². The summed E-state index contributed by atoms with van der Waals surface area (Å²) >= 11 is 0. The monoisotopic (exact) mass is 210 g/mol. The molecule has 1 atom stereocenters. The molecule has 8 heteroatoms. The highest BCUT2D eigenvalue weighted by atomic mass is 19.4. The second-order valence-electron chi connectivity index (χ2n) is 2.84. The Bertz CT molecular complexity index is 323. The first-order valence-electron chi connectivity index (χ1n) is 3.67. The standard InChI is InChI=1S/C6H9F3N4O/c1-13-2-4(11-12-13)5(14,3-10)6(7,8)9/h2,14H,3,10H2,1H3. The van der Waals surface area contributed by atoms with E-state index >= 15 is 0 Å². The van der Waals surface area contributed by atoms with E-state index in [-0.39, 0.29) is 0 Å². The van der Waals surface area contributed by atoms with Gasteiger partial charge in [-0.1, -0.05) is 5.21 Å². The first-order valence-corrected chi connectivity index (χ1v) is 3.67. The minimum atomic E-state index is -4.86. The van der Waals surface area contributed by atoms with Crippen LogP contribution in [0.2, 0.25) is 0 Å². The van der Waals surface area contributed by atoms with E-state index in [4.69, 9.17) is 5.73 Å². The average Bonchev–Trinajstić information content (AvgIpc) is 2.48. The van der Waals surface area contributed by atoms with Crippen LogP contribution < -0.4 is 5.73 Å². The van der Waals surface area contributed by atoms with Gasteiger partial charge in [-0.2, -0.15) is 13.2 Å². The minimum absolute atomic E-state index is 0.602. The van der Waals surface area contributed by atoms with Gasteiger partial charge in [0.15, 0.2) is 0 Å². The van der Waals surface area contributed by atoms with Crippen LogP contribution >= 0.6 is 0 Å². The number of hydrogen-bond acceptors (Lipinski definition) is 4. The van der Waals surface area contributed by atoms with Gasteiger partial charge in [0.1, 0.15) is 5.69 Å². The average molecular weight is 210 g/mol. The molecule has 0 radical (unpaired) electrons. The molecule has 3 N–H and O–H groups in total. The smallest absolute Gasteiger partial charge is 0.374 e. The number of rotatable bonds is 2. The highest BCUT2D eigenvalue weighted by Crippen LogP contribution is 2.36. The van der Waals surface area contributed by atoms with Crippen molar-refractivity contribution in [1.82, 2.24) is 15.0 Å². The van der Waals surface area contributed by atoms with Crippen LogP contribution in [0.15, 0.2) is 6.20 Å². The van der Waals surface area contributed by atoms with Gasteiger partial charge in [0.25, 0.3) is 0 Å². The van der Waals surface area contributed by atoms with Gasteiger partial charge < -0.3 is 10.8 Å². The van der Waals surface area contributed by atoms with E-state index in [9.17, 15) is 18.3 Å². The number of hydrogen-bond donors (Lipinski definition) is 2. The molecule has 1 rings (SSSR count). The maximum absolute atomic E-state index is 12.4. The predicted molar refractivity (Wildman–Crippen MR) is 40.0 cm³/mol. The molecule has 80 valence electrons. The normalized spacial score (nSPS) is 16.7. The number of aliphatic hydroxyl groups is 1. The Morgan fingerprint density at radius 3 is 2.43 bits per heavy atom. The highest BCUT2D eigenvalue weighted by molar-refractivity contribution is 5.11. The summed E-state index contributed by atoms with van der Waals surface area (Å²) in [7, 11) is 1.39. The molecular formula is C6H9F3N4O. The maximum atomic E-state index is 12.4. The van der Waals surface area contributed by atoms with Crippen LogP contribution in [0, 0.1) is 0 Å². The number of aromatic nitrogens is 3. The zero-order valence-corrected chi connectivity index (χ0v) is 7.28. The van der Waals surface area contributed by atoms with Crippen molar-refractivity contribution in [2.24, 2.45) is 12.8 Å². The van der Waals surface area contributed by atoms with Crippen molar-refractivity contribution in [2.75, 3.05) is 6.54 Å². The third kappa shape index (κ3) is 1.58. The Kier molecular flexibility index (Phi) is 2.50. The molecule has 0 aliphatic rings. The number of halogens is 3. The molecule has 1 aromatic heterocycles. The van der Waals surface area contributed by atoms with Gasteiger partial charge in [-0.3, -0.25) is 4.68 Å². The zero-order chi connectivity index (χ0) is 11.0. The summed E-state index contributed by atoms with van der Waals surface area (Å²) in [6.07, 6.45) is -3.89. The van der Waals surface area contributed by atoms with Gasteiger partial charge in [0, 0.05) is 13.6 Å². The van der Waals surface area contributed by atoms with Crippen molar-refractivity contribution in [3.63, 3.8) is 0 Å². The third-order valence-corrected chi connectivity index (χ3v) is 1.79. The molecule has 1 unspecified atom stereocenters. The van der Waals surface area contributed by atoms with Crippen LogP contribution in [-0.2, 0) is 12.6 Å². The largest absolute Gasteiger partial charge is 0.424 e. The Morgan fingerprint density at radius 2 is 2.14 bits per heavy atom. The molecule has 0 fully saturated rings. The van der Waals surface area contributed by atoms with Crippen LogP contribution in [0.25, 0.3) is 0 Å². The molecule has 0 bridgehead atoms. The molecule has 0 amide bonds. The van der Waals surface area contributed by atoms with E-state index in [1.165, 1.54) is 7.05 Å². The SMILES string of the molecule is Cn1cc(C(O)(CN)C(F)(F)F)nn1. The Morgan fingerprint density at radius 1 is 1.57 bits per heavy atom. The number of alkyl halides is 3. The summed E-state index contributed by atoms with van der Waals surface area (Å²) in [5.41, 5.74) is 1.16. The van der Waals surface area contributed by atoms with E-state index in [2.05, 4.69) is 10.3 Å². The molecule has 0 aromatic carbocycles. The lowest BCUT2D eigenvalue weighted by atomic mass is 10.0. The van der Waals surface area contributed by atoms with Gasteiger partial charge in [-0.05, 0) is 0 Å². The van der Waals surface area contributed by atoms with E-state index in [1.807, 2.05) is 0 Å². The van der Waals surface area contributed by atoms with Crippen molar-refractivity contribution < 1.29 is 18.3 Å². The van der Waals surface area contributed by atoms with Crippen LogP contribution in [-0.4, -0.2) is 32.8 Å². The van der Waals surface area contributed by atoms with Gasteiger partial charge in [-0.15, -0.1) is 5.10 Å². The first kappa shape index (κ1) is 10.9. The Balaban J connectivity index is 3.14. The molecule has 0 aliphatic heterocycles. The van der Waals surface area contributed by atoms with Gasteiger partial charge in [0.2, 0.25) is 5.60 Å². The fourth-order valence-electron chi connectivity index (χ4n) is 0.902. The van der Waals surface area contributed by atoms with Crippen molar-refractivity contribution in [3.05, 3.63) is 11.9 Å². The summed E-state index contributed by atoms with van der Waals surface area (Å²) in [4.78, 5) is 0. The van der Waals surface area contributed by atoms with E-state index < -0.39 is 24.0 Å². The quantitative estimate of drug-likeness (QED) is 0.691. The Labute approximate surface area is 77.3 Å². The molecule has 0 saturated carbocycles. The highest BCUT2D eigenvalue weighted by Gasteiger charge is 2.56. The maximum Gasteiger partial charge on any atom is 0.424 e. The molecular weight excluding hydrogens is 201 g/mol. The minimum Gasteiger partial charge on any atom is -0.374 e. The second-order valence-corrected chi connectivity index (χ2v) is 2.84. The first-order chi connectivity index (χ1) is 6.31. The van der Waals surface area contributed by atoms with Crippen molar-refractivity contribution in [3.8, 4) is 0 Å². The molecule has 14 heavy (non-hydrogen) atoms. The number of aryl methyl sites for hydroxylation is 1. The number of nitrogens with zero attached hydrogens (tertiary/aromatic N) is 3. The van der Waals surface area contributed by atoms with Crippen molar-refractivity contribution >= 4 is 0 Å². The van der Waals surface area contributed by atoms with E-state index in [0.717, 1.165) is 10.9 Å². The number of nitrogens with two attached hydrogens (primary N) is 1. The lowest BCUT2D eigenvalue weighted by molar-refractivity contribution is -0.263. The molecule has 0 spiro atoms. The summed E-state index contributed by atoms with van der Waals surface area (Å²) < 4.78 is 38.2. The van der Waals surface area contributed by atoms with Crippen LogP contribution in [0.1, 0.15) is 5.69 Å². The van der Waals surface area contributed by atoms with Crippen LogP contribution in [0.4, 0.5) is 13.2 Å². The topological polar surface area (TPSA) is 77.0 Å². The molecule has 1 heterocycles. The van der Waals surface area contributed by atoms with Crippen LogP contribution in [0.5, 0.6) is 0 Å². The van der Waals surface area contributed by atoms with Gasteiger partial charge in [-0.25, -0.2) is 0 Å². The van der Waals surface area contributed by atoms with Gasteiger partial charge >= 0.3 is 6.18 Å². The Hall–Kier alpha value is -1.15. The van der Waals surface area contributed by atoms with E-state index in [1.54, 1.807) is 0 Å². The lowest BCUT2D eigenvalue weighted by Crippen LogP contribution is -2.48. The molecule has 0 saturated heterocycles. The third-order valence-electron chi connectivity index (χ3n) is 1.79. The van der Waals surface area contributed by atoms with Crippen LogP contribution in [0.3, 0.4) is 0 Å². The molecule has 5 nitrogen and oxygen atoms in total. The van der Waals surface area contributed by atoms with E-state index in [0.29, 0.717) is 0 Å². The fourth-order valence-corrected chi connectivity index (χ4v) is 0.902. The fraction of sp³-hybridized carbons (Fsp3) is 0.667. The molecule has 1 aromatic rings. The predicted octanol–water partition coefficient (Wildman–Crippen LogP) is -0.476.